The maximum atomic E-state index is 13.7. The molecule has 0 saturated carbocycles. The predicted octanol–water partition coefficient (Wildman–Crippen LogP) is 2.23. The summed E-state index contributed by atoms with van der Waals surface area (Å²) < 4.78 is 24.5. The summed E-state index contributed by atoms with van der Waals surface area (Å²) in [4.78, 5) is 39.2. The molecule has 1 aliphatic rings. The molecule has 1 heterocycles. The zero-order valence-corrected chi connectivity index (χ0v) is 17.5. The molecule has 0 aromatic heterocycles. The van der Waals surface area contributed by atoms with Gasteiger partial charge in [-0.25, -0.2) is 4.39 Å². The number of halogens is 2. The lowest BCUT2D eigenvalue weighted by Crippen LogP contribution is -2.46. The maximum Gasteiger partial charge on any atom is 0.309 e. The summed E-state index contributed by atoms with van der Waals surface area (Å²) in [7, 11) is 1.49. The molecule has 0 atom stereocenters. The van der Waals surface area contributed by atoms with Crippen molar-refractivity contribution in [1.82, 2.24) is 9.80 Å². The summed E-state index contributed by atoms with van der Waals surface area (Å²) in [6.07, 6.45) is 1.10. The van der Waals surface area contributed by atoms with E-state index in [9.17, 15) is 18.8 Å². The molecule has 1 aromatic rings. The molecule has 2 amide bonds. The Morgan fingerprint density at radius 1 is 1.29 bits per heavy atom. The first-order valence-corrected chi connectivity index (χ1v) is 9.87. The molecule has 0 N–H and O–H groups in total. The minimum atomic E-state index is -0.578. The number of benzene rings is 1. The van der Waals surface area contributed by atoms with Crippen molar-refractivity contribution in [2.45, 2.75) is 19.8 Å². The van der Waals surface area contributed by atoms with E-state index in [1.807, 2.05) is 0 Å². The van der Waals surface area contributed by atoms with Gasteiger partial charge in [-0.1, -0.05) is 15.9 Å². The number of esters is 1. The first-order chi connectivity index (χ1) is 13.3. The van der Waals surface area contributed by atoms with E-state index in [1.165, 1.54) is 24.1 Å². The van der Waals surface area contributed by atoms with Gasteiger partial charge in [-0.15, -0.1) is 0 Å². The largest absolute Gasteiger partial charge is 0.481 e. The average Bonchev–Trinajstić information content (AvgIpc) is 2.67. The van der Waals surface area contributed by atoms with E-state index in [-0.39, 0.29) is 36.7 Å². The number of nitrogens with zero attached hydrogens (tertiary/aromatic N) is 2. The summed E-state index contributed by atoms with van der Waals surface area (Å²) >= 11 is 3.15. The van der Waals surface area contributed by atoms with Crippen molar-refractivity contribution < 1.29 is 28.2 Å². The summed E-state index contributed by atoms with van der Waals surface area (Å²) in [5.41, 5.74) is 0. The standard InChI is InChI=1S/C19H24BrFN2O5/c1-3-27-19(26)13-6-8-23(9-7-13)17(24)11-22(2)18(25)12-28-16-5-4-14(20)10-15(16)21/h4-5,10,13H,3,6-9,11-12H2,1-2H3. The van der Waals surface area contributed by atoms with Crippen molar-refractivity contribution in [3.05, 3.63) is 28.5 Å². The molecular formula is C19H24BrFN2O5. The lowest BCUT2D eigenvalue weighted by atomic mass is 9.97. The number of hydrogen-bond acceptors (Lipinski definition) is 5. The minimum absolute atomic E-state index is 0.0303. The monoisotopic (exact) mass is 458 g/mol. The van der Waals surface area contributed by atoms with Gasteiger partial charge in [0.1, 0.15) is 0 Å². The van der Waals surface area contributed by atoms with Crippen LogP contribution in [0.15, 0.2) is 22.7 Å². The van der Waals surface area contributed by atoms with Crippen molar-refractivity contribution in [3.8, 4) is 5.75 Å². The quantitative estimate of drug-likeness (QED) is 0.585. The normalized spacial score (nSPS) is 14.5. The van der Waals surface area contributed by atoms with Crippen LogP contribution in [0.5, 0.6) is 5.75 Å². The number of amides is 2. The number of piperidine rings is 1. The Balaban J connectivity index is 1.77. The fourth-order valence-corrected chi connectivity index (χ4v) is 3.19. The number of carbonyl (C=O) groups excluding carboxylic acids is 3. The molecule has 28 heavy (non-hydrogen) atoms. The molecule has 0 radical (unpaired) electrons. The molecule has 7 nitrogen and oxygen atoms in total. The molecular weight excluding hydrogens is 435 g/mol. The molecule has 154 valence electrons. The van der Waals surface area contributed by atoms with Crippen LogP contribution in [-0.2, 0) is 19.1 Å². The second-order valence-electron chi connectivity index (χ2n) is 6.52. The second-order valence-corrected chi connectivity index (χ2v) is 7.44. The highest BCUT2D eigenvalue weighted by atomic mass is 79.9. The summed E-state index contributed by atoms with van der Waals surface area (Å²) in [5.74, 6) is -1.65. The van der Waals surface area contributed by atoms with Crippen LogP contribution in [0.3, 0.4) is 0 Å². The maximum absolute atomic E-state index is 13.7. The van der Waals surface area contributed by atoms with Gasteiger partial charge < -0.3 is 19.3 Å². The molecule has 1 aliphatic heterocycles. The van der Waals surface area contributed by atoms with Crippen LogP contribution in [0, 0.1) is 11.7 Å². The molecule has 0 spiro atoms. The lowest BCUT2D eigenvalue weighted by molar-refractivity contribution is -0.151. The van der Waals surface area contributed by atoms with Crippen molar-refractivity contribution in [2.75, 3.05) is 39.9 Å². The number of likely N-dealkylation sites (N-methyl/N-ethyl adjacent to an activating group) is 1. The average molecular weight is 459 g/mol. The Kier molecular flexibility index (Phi) is 8.22. The van der Waals surface area contributed by atoms with Crippen molar-refractivity contribution in [1.29, 1.82) is 0 Å². The molecule has 0 unspecified atom stereocenters. The Morgan fingerprint density at radius 2 is 1.96 bits per heavy atom. The third kappa shape index (κ3) is 6.19. The van der Waals surface area contributed by atoms with Crippen LogP contribution in [0.1, 0.15) is 19.8 Å². The van der Waals surface area contributed by atoms with Crippen molar-refractivity contribution in [2.24, 2.45) is 5.92 Å². The number of carbonyl (C=O) groups is 3. The minimum Gasteiger partial charge on any atom is -0.481 e. The molecule has 0 aliphatic carbocycles. The summed E-state index contributed by atoms with van der Waals surface area (Å²) in [5, 5.41) is 0. The van der Waals surface area contributed by atoms with Crippen LogP contribution >= 0.6 is 15.9 Å². The van der Waals surface area contributed by atoms with E-state index in [4.69, 9.17) is 9.47 Å². The SMILES string of the molecule is CCOC(=O)C1CCN(C(=O)CN(C)C(=O)COc2ccc(Br)cc2F)CC1. The van der Waals surface area contributed by atoms with Gasteiger partial charge >= 0.3 is 5.97 Å². The van der Waals surface area contributed by atoms with Crippen molar-refractivity contribution >= 4 is 33.7 Å². The Labute approximate surface area is 171 Å². The van der Waals surface area contributed by atoms with Gasteiger partial charge in [-0.05, 0) is 38.0 Å². The molecule has 9 heteroatoms. The van der Waals surface area contributed by atoms with E-state index < -0.39 is 11.7 Å². The number of likely N-dealkylation sites (tertiary alicyclic amines) is 1. The fourth-order valence-electron chi connectivity index (χ4n) is 2.86. The molecule has 0 bridgehead atoms. The van der Waals surface area contributed by atoms with Crippen LogP contribution in [-0.4, -0.2) is 67.5 Å². The fraction of sp³-hybridized carbons (Fsp3) is 0.526. The molecule has 1 aromatic carbocycles. The Bertz CT molecular complexity index is 722. The zero-order chi connectivity index (χ0) is 20.7. The number of hydrogen-bond donors (Lipinski definition) is 0. The first kappa shape index (κ1) is 22.1. The van der Waals surface area contributed by atoms with Gasteiger partial charge in [0.25, 0.3) is 5.91 Å². The van der Waals surface area contributed by atoms with E-state index in [2.05, 4.69) is 15.9 Å². The van der Waals surface area contributed by atoms with Crippen LogP contribution in [0.4, 0.5) is 4.39 Å². The molecule has 1 saturated heterocycles. The van der Waals surface area contributed by atoms with Gasteiger partial charge in [0.15, 0.2) is 18.2 Å². The smallest absolute Gasteiger partial charge is 0.309 e. The van der Waals surface area contributed by atoms with Gasteiger partial charge in [0.05, 0.1) is 19.1 Å². The lowest BCUT2D eigenvalue weighted by Gasteiger charge is -2.32. The third-order valence-corrected chi connectivity index (χ3v) is 5.00. The van der Waals surface area contributed by atoms with Gasteiger partial charge in [-0.3, -0.25) is 14.4 Å². The van der Waals surface area contributed by atoms with E-state index in [1.54, 1.807) is 17.9 Å². The number of ether oxygens (including phenoxy) is 2. The van der Waals surface area contributed by atoms with Gasteiger partial charge in [-0.2, -0.15) is 0 Å². The van der Waals surface area contributed by atoms with E-state index in [0.29, 0.717) is 37.0 Å². The molecule has 1 fully saturated rings. The first-order valence-electron chi connectivity index (χ1n) is 9.08. The van der Waals surface area contributed by atoms with Gasteiger partial charge in [0.2, 0.25) is 5.91 Å². The number of rotatable bonds is 7. The second kappa shape index (κ2) is 10.4. The highest BCUT2D eigenvalue weighted by Crippen LogP contribution is 2.21. The van der Waals surface area contributed by atoms with Crippen LogP contribution < -0.4 is 4.74 Å². The Morgan fingerprint density at radius 3 is 2.57 bits per heavy atom. The zero-order valence-electron chi connectivity index (χ0n) is 16.0. The van der Waals surface area contributed by atoms with Gasteiger partial charge in [0, 0.05) is 24.6 Å². The van der Waals surface area contributed by atoms with Crippen LogP contribution in [0.25, 0.3) is 0 Å². The van der Waals surface area contributed by atoms with Crippen molar-refractivity contribution in [3.63, 3.8) is 0 Å². The summed E-state index contributed by atoms with van der Waals surface area (Å²) in [6.45, 7) is 2.54. The van der Waals surface area contributed by atoms with Crippen LogP contribution in [0.2, 0.25) is 0 Å². The highest BCUT2D eigenvalue weighted by Gasteiger charge is 2.29. The predicted molar refractivity (Wildman–Crippen MR) is 103 cm³/mol. The van der Waals surface area contributed by atoms with E-state index in [0.717, 1.165) is 0 Å². The van der Waals surface area contributed by atoms with E-state index >= 15 is 0 Å². The third-order valence-electron chi connectivity index (χ3n) is 4.51. The molecule has 2 rings (SSSR count). The topological polar surface area (TPSA) is 76.2 Å². The highest BCUT2D eigenvalue weighted by molar-refractivity contribution is 9.10. The Hall–Kier alpha value is -2.16. The summed E-state index contributed by atoms with van der Waals surface area (Å²) in [6, 6.07) is 4.27.